The van der Waals surface area contributed by atoms with Crippen LogP contribution in [0.1, 0.15) is 11.1 Å². The van der Waals surface area contributed by atoms with Crippen LogP contribution in [-0.2, 0) is 11.4 Å². The Morgan fingerprint density at radius 2 is 1.74 bits per heavy atom. The third-order valence-electron chi connectivity index (χ3n) is 3.90. The van der Waals surface area contributed by atoms with Crippen molar-refractivity contribution < 1.29 is 13.9 Å². The summed E-state index contributed by atoms with van der Waals surface area (Å²) in [5.41, 5.74) is 4.26. The van der Waals surface area contributed by atoms with E-state index in [-0.39, 0.29) is 17.5 Å². The molecule has 3 rings (SSSR count). The normalized spacial score (nSPS) is 11.0. The number of halogens is 4. The second-order valence-electron chi connectivity index (χ2n) is 6.26. The molecule has 160 valence electrons. The van der Waals surface area contributed by atoms with Crippen LogP contribution in [0.25, 0.3) is 0 Å². The fourth-order valence-electron chi connectivity index (χ4n) is 2.42. The molecule has 0 saturated carbocycles. The summed E-state index contributed by atoms with van der Waals surface area (Å²) >= 11 is 11.7. The molecule has 0 radical (unpaired) electrons. The minimum absolute atomic E-state index is 0.195. The van der Waals surface area contributed by atoms with E-state index in [1.54, 1.807) is 30.5 Å². The molecule has 0 aliphatic rings. The number of carbonyl (C=O) groups is 1. The fourth-order valence-corrected chi connectivity index (χ4v) is 5.36. The molecule has 9 heteroatoms. The Kier molecular flexibility index (Phi) is 9.42. The van der Waals surface area contributed by atoms with Crippen molar-refractivity contribution in [1.82, 2.24) is 5.43 Å². The molecule has 3 aromatic carbocycles. The molecular weight excluding hydrogens is 665 g/mol. The van der Waals surface area contributed by atoms with Crippen LogP contribution in [0.3, 0.4) is 0 Å². The minimum Gasteiger partial charge on any atom is -0.487 e. The highest BCUT2D eigenvalue weighted by Gasteiger charge is 2.09. The molecule has 0 unspecified atom stereocenters. The van der Waals surface area contributed by atoms with Gasteiger partial charge >= 0.3 is 0 Å². The number of benzene rings is 3. The largest absolute Gasteiger partial charge is 0.487 e. The van der Waals surface area contributed by atoms with Crippen molar-refractivity contribution in [2.45, 2.75) is 11.5 Å². The lowest BCUT2D eigenvalue weighted by Gasteiger charge is -2.11. The summed E-state index contributed by atoms with van der Waals surface area (Å²) < 4.78 is 20.8. The van der Waals surface area contributed by atoms with E-state index in [1.165, 1.54) is 23.9 Å². The first-order valence-electron chi connectivity index (χ1n) is 8.97. The second-order valence-corrected chi connectivity index (χ2v) is 10.1. The average Bonchev–Trinajstić information content (AvgIpc) is 2.74. The van der Waals surface area contributed by atoms with Crippen LogP contribution >= 0.6 is 68.5 Å². The third-order valence-corrected chi connectivity index (χ3v) is 6.77. The zero-order valence-corrected chi connectivity index (χ0v) is 21.8. The average molecular weight is 681 g/mol. The number of amides is 1. The van der Waals surface area contributed by atoms with Crippen molar-refractivity contribution in [3.63, 3.8) is 0 Å². The van der Waals surface area contributed by atoms with Gasteiger partial charge < -0.3 is 4.74 Å². The molecule has 0 aliphatic carbocycles. The van der Waals surface area contributed by atoms with Crippen LogP contribution in [0.15, 0.2) is 70.7 Å². The SMILES string of the molecule is O=C(CSc1ccc(Cl)cc1)N/N=C\c1cc(I)c(OCc2ccc(F)cc2)c(I)c1. The topological polar surface area (TPSA) is 50.7 Å². The second kappa shape index (κ2) is 12.0. The van der Waals surface area contributed by atoms with Crippen LogP contribution in [0, 0.1) is 13.0 Å². The highest BCUT2D eigenvalue weighted by atomic mass is 127. The van der Waals surface area contributed by atoms with Gasteiger partial charge in [0.1, 0.15) is 18.2 Å². The molecule has 0 heterocycles. The van der Waals surface area contributed by atoms with Gasteiger partial charge in [-0.25, -0.2) is 9.82 Å². The van der Waals surface area contributed by atoms with Gasteiger partial charge in [-0.05, 0) is 105 Å². The van der Waals surface area contributed by atoms with E-state index in [9.17, 15) is 9.18 Å². The van der Waals surface area contributed by atoms with E-state index in [4.69, 9.17) is 16.3 Å². The van der Waals surface area contributed by atoms with Crippen molar-refractivity contribution >= 4 is 80.7 Å². The first-order chi connectivity index (χ1) is 14.9. The number of nitrogens with zero attached hydrogens (tertiary/aromatic N) is 1. The lowest BCUT2D eigenvalue weighted by Crippen LogP contribution is -2.19. The van der Waals surface area contributed by atoms with Gasteiger partial charge in [-0.3, -0.25) is 4.79 Å². The Labute approximate surface area is 216 Å². The van der Waals surface area contributed by atoms with Gasteiger partial charge in [0.05, 0.1) is 19.1 Å². The van der Waals surface area contributed by atoms with Gasteiger partial charge in [-0.1, -0.05) is 23.7 Å². The summed E-state index contributed by atoms with van der Waals surface area (Å²) in [7, 11) is 0. The third kappa shape index (κ3) is 7.92. The van der Waals surface area contributed by atoms with Gasteiger partial charge in [-0.2, -0.15) is 5.10 Å². The Balaban J connectivity index is 1.52. The van der Waals surface area contributed by atoms with E-state index in [0.717, 1.165) is 28.9 Å². The maximum absolute atomic E-state index is 13.0. The first kappa shape index (κ1) is 24.3. The summed E-state index contributed by atoms with van der Waals surface area (Å²) in [6.07, 6.45) is 1.60. The van der Waals surface area contributed by atoms with Crippen molar-refractivity contribution in [2.75, 3.05) is 5.75 Å². The van der Waals surface area contributed by atoms with E-state index in [1.807, 2.05) is 24.3 Å². The number of rotatable bonds is 8. The van der Waals surface area contributed by atoms with Crippen LogP contribution in [0.4, 0.5) is 4.39 Å². The molecule has 0 aliphatic heterocycles. The first-order valence-corrected chi connectivity index (χ1v) is 12.5. The van der Waals surface area contributed by atoms with Crippen molar-refractivity contribution in [2.24, 2.45) is 5.10 Å². The van der Waals surface area contributed by atoms with E-state index >= 15 is 0 Å². The summed E-state index contributed by atoms with van der Waals surface area (Å²) in [6.45, 7) is 0.348. The van der Waals surface area contributed by atoms with Gasteiger partial charge in [0.2, 0.25) is 5.91 Å². The van der Waals surface area contributed by atoms with Crippen molar-refractivity contribution in [1.29, 1.82) is 0 Å². The van der Waals surface area contributed by atoms with Crippen LogP contribution < -0.4 is 10.2 Å². The number of hydrogen-bond donors (Lipinski definition) is 1. The Morgan fingerprint density at radius 3 is 2.39 bits per heavy atom. The highest BCUT2D eigenvalue weighted by molar-refractivity contribution is 14.1. The number of ether oxygens (including phenoxy) is 1. The number of hydrazone groups is 1. The van der Waals surface area contributed by atoms with Gasteiger partial charge in [0.15, 0.2) is 0 Å². The van der Waals surface area contributed by atoms with Crippen molar-refractivity contribution in [3.05, 3.63) is 89.8 Å². The lowest BCUT2D eigenvalue weighted by atomic mass is 10.2. The smallest absolute Gasteiger partial charge is 0.250 e. The van der Waals surface area contributed by atoms with Crippen LogP contribution in [-0.4, -0.2) is 17.9 Å². The maximum Gasteiger partial charge on any atom is 0.250 e. The molecule has 31 heavy (non-hydrogen) atoms. The number of nitrogens with one attached hydrogen (secondary N) is 1. The Hall–Kier alpha value is -1.37. The van der Waals surface area contributed by atoms with Crippen molar-refractivity contribution in [3.8, 4) is 5.75 Å². The van der Waals surface area contributed by atoms with E-state index in [2.05, 4.69) is 55.7 Å². The number of hydrogen-bond acceptors (Lipinski definition) is 4. The molecule has 1 amide bonds. The number of carbonyl (C=O) groups excluding carboxylic acids is 1. The molecule has 1 N–H and O–H groups in total. The van der Waals surface area contributed by atoms with Crippen LogP contribution in [0.5, 0.6) is 5.75 Å². The molecular formula is C22H16ClFI2N2O2S. The minimum atomic E-state index is -0.271. The van der Waals surface area contributed by atoms with Gasteiger partial charge in [0.25, 0.3) is 0 Å². The summed E-state index contributed by atoms with van der Waals surface area (Å²) in [5.74, 6) is 0.544. The van der Waals surface area contributed by atoms with Crippen LogP contribution in [0.2, 0.25) is 5.02 Å². The lowest BCUT2D eigenvalue weighted by molar-refractivity contribution is -0.118. The van der Waals surface area contributed by atoms with E-state index < -0.39 is 0 Å². The molecule has 0 atom stereocenters. The molecule has 0 aromatic heterocycles. The molecule has 0 saturated heterocycles. The standard InChI is InChI=1S/C22H16ClFI2N2O2S/c23-16-3-7-18(8-4-16)31-13-21(29)28-27-11-15-9-19(25)22(20(26)10-15)30-12-14-1-5-17(24)6-2-14/h1-11H,12-13H2,(H,28,29)/b27-11-. The zero-order chi connectivity index (χ0) is 22.2. The zero-order valence-electron chi connectivity index (χ0n) is 15.9. The molecule has 4 nitrogen and oxygen atoms in total. The van der Waals surface area contributed by atoms with Gasteiger partial charge in [-0.15, -0.1) is 11.8 Å². The predicted octanol–water partition coefficient (Wildman–Crippen LogP) is 6.51. The molecule has 0 bridgehead atoms. The molecule has 3 aromatic rings. The summed E-state index contributed by atoms with van der Waals surface area (Å²) in [4.78, 5) is 12.9. The number of thioether (sulfide) groups is 1. The summed E-state index contributed by atoms with van der Waals surface area (Å²) in [6, 6.07) is 17.4. The molecule has 0 fully saturated rings. The molecule has 0 spiro atoms. The summed E-state index contributed by atoms with van der Waals surface area (Å²) in [5, 5.41) is 4.70. The Morgan fingerprint density at radius 1 is 1.10 bits per heavy atom. The van der Waals surface area contributed by atoms with Gasteiger partial charge in [0, 0.05) is 9.92 Å². The quantitative estimate of drug-likeness (QED) is 0.128. The maximum atomic E-state index is 13.0. The Bertz CT molecular complexity index is 1060. The fraction of sp³-hybridized carbons (Fsp3) is 0.0909. The monoisotopic (exact) mass is 680 g/mol. The predicted molar refractivity (Wildman–Crippen MR) is 141 cm³/mol. The van der Waals surface area contributed by atoms with E-state index in [0.29, 0.717) is 11.6 Å². The highest BCUT2D eigenvalue weighted by Crippen LogP contribution is 2.29.